The van der Waals surface area contributed by atoms with Crippen molar-refractivity contribution in [3.63, 3.8) is 0 Å². The molecule has 0 aromatic rings. The average molecular weight is 539 g/mol. The van der Waals surface area contributed by atoms with E-state index in [-0.39, 0.29) is 42.1 Å². The standard InChI is InChI=1S/C30H60O4S.Na/c1-3-5-7-9-11-13-14-15-16-17-18-20-22-24-26-28-30(29-34-35(31,32)33)27-25-23-21-19-12-10-8-6-4-2;/h26,28,30H,3-25,27,29H2,1-2H3,(H,31,32,33);/q;+1/p-1/b28-26+;. The molecule has 1 atom stereocenters. The molecule has 0 aliphatic heterocycles. The Hall–Kier alpha value is 0.610. The van der Waals surface area contributed by atoms with Crippen LogP contribution in [0.2, 0.25) is 0 Å². The largest absolute Gasteiger partial charge is 1.00 e. The molecule has 0 radical (unpaired) electrons. The van der Waals surface area contributed by atoms with Gasteiger partial charge in [0.1, 0.15) is 0 Å². The minimum absolute atomic E-state index is 0. The Labute approximate surface area is 248 Å². The molecule has 0 fully saturated rings. The van der Waals surface area contributed by atoms with Crippen LogP contribution in [0.3, 0.4) is 0 Å². The third-order valence-corrected chi connectivity index (χ3v) is 7.41. The third kappa shape index (κ3) is 32.6. The van der Waals surface area contributed by atoms with Crippen LogP contribution in [0, 0.1) is 5.92 Å². The Bertz CT molecular complexity index is 551. The van der Waals surface area contributed by atoms with Gasteiger partial charge in [0.05, 0.1) is 6.61 Å². The summed E-state index contributed by atoms with van der Waals surface area (Å²) in [5, 5.41) is 0. The van der Waals surface area contributed by atoms with Crippen LogP contribution in [-0.2, 0) is 14.6 Å². The van der Waals surface area contributed by atoms with Gasteiger partial charge in [-0.05, 0) is 19.3 Å². The van der Waals surface area contributed by atoms with Crippen molar-refractivity contribution in [2.24, 2.45) is 5.92 Å². The van der Waals surface area contributed by atoms with Gasteiger partial charge >= 0.3 is 29.6 Å². The second-order valence-corrected chi connectivity index (χ2v) is 11.6. The third-order valence-electron chi connectivity index (χ3n) is 6.99. The van der Waals surface area contributed by atoms with Gasteiger partial charge in [-0.2, -0.15) is 0 Å². The molecule has 6 heteroatoms. The Morgan fingerprint density at radius 1 is 0.611 bits per heavy atom. The van der Waals surface area contributed by atoms with E-state index in [0.717, 1.165) is 19.3 Å². The maximum Gasteiger partial charge on any atom is 1.00 e. The van der Waals surface area contributed by atoms with Crippen LogP contribution in [0.5, 0.6) is 0 Å². The molecule has 210 valence electrons. The molecule has 0 saturated carbocycles. The number of allylic oxidation sites excluding steroid dienone is 1. The molecule has 0 N–H and O–H groups in total. The van der Waals surface area contributed by atoms with Crippen molar-refractivity contribution >= 4 is 10.4 Å². The van der Waals surface area contributed by atoms with Crippen molar-refractivity contribution < 1.29 is 46.7 Å². The van der Waals surface area contributed by atoms with Gasteiger partial charge in [-0.1, -0.05) is 161 Å². The van der Waals surface area contributed by atoms with Gasteiger partial charge in [0.15, 0.2) is 0 Å². The van der Waals surface area contributed by atoms with Crippen molar-refractivity contribution in [3.05, 3.63) is 12.2 Å². The van der Waals surface area contributed by atoms with Crippen molar-refractivity contribution in [1.29, 1.82) is 0 Å². The van der Waals surface area contributed by atoms with Crippen LogP contribution in [0.4, 0.5) is 0 Å². The van der Waals surface area contributed by atoms with E-state index >= 15 is 0 Å². The Morgan fingerprint density at radius 2 is 0.972 bits per heavy atom. The topological polar surface area (TPSA) is 66.4 Å². The summed E-state index contributed by atoms with van der Waals surface area (Å²) in [6.07, 6.45) is 35.2. The Kier molecular flexibility index (Phi) is 32.5. The van der Waals surface area contributed by atoms with Gasteiger partial charge in [-0.15, -0.1) is 0 Å². The Morgan fingerprint density at radius 3 is 1.36 bits per heavy atom. The molecule has 4 nitrogen and oxygen atoms in total. The fourth-order valence-corrected chi connectivity index (χ4v) is 5.03. The normalized spacial score (nSPS) is 12.8. The van der Waals surface area contributed by atoms with E-state index in [2.05, 4.69) is 30.2 Å². The van der Waals surface area contributed by atoms with Crippen LogP contribution in [0.1, 0.15) is 168 Å². The summed E-state index contributed by atoms with van der Waals surface area (Å²) in [6, 6.07) is 0. The van der Waals surface area contributed by atoms with E-state index in [4.69, 9.17) is 0 Å². The summed E-state index contributed by atoms with van der Waals surface area (Å²) in [5.41, 5.74) is 0. The molecular weight excluding hydrogens is 479 g/mol. The predicted octanol–water partition coefficient (Wildman–Crippen LogP) is 7.04. The second kappa shape index (κ2) is 30.2. The van der Waals surface area contributed by atoms with Gasteiger partial charge in [0, 0.05) is 5.92 Å². The van der Waals surface area contributed by atoms with E-state index in [0.29, 0.717) is 0 Å². The van der Waals surface area contributed by atoms with E-state index in [1.807, 2.05) is 0 Å². The van der Waals surface area contributed by atoms with Gasteiger partial charge < -0.3 is 4.55 Å². The molecule has 0 bridgehead atoms. The van der Waals surface area contributed by atoms with Crippen LogP contribution >= 0.6 is 0 Å². The van der Waals surface area contributed by atoms with Gasteiger partial charge in [-0.25, -0.2) is 8.42 Å². The Balaban J connectivity index is 0. The molecule has 0 saturated heterocycles. The van der Waals surface area contributed by atoms with Crippen molar-refractivity contribution in [1.82, 2.24) is 0 Å². The first-order valence-electron chi connectivity index (χ1n) is 15.3. The molecule has 0 aromatic heterocycles. The molecule has 0 rings (SSSR count). The van der Waals surface area contributed by atoms with E-state index in [1.54, 1.807) is 0 Å². The van der Waals surface area contributed by atoms with Crippen molar-refractivity contribution in [2.75, 3.05) is 6.61 Å². The first kappa shape index (κ1) is 38.8. The number of unbranched alkanes of at least 4 members (excludes halogenated alkanes) is 21. The summed E-state index contributed by atoms with van der Waals surface area (Å²) in [7, 11) is -4.61. The van der Waals surface area contributed by atoms with Crippen LogP contribution in [0.25, 0.3) is 0 Å². The SMILES string of the molecule is CCCCCCCCCCCCCCC/C=C/C(CCCCCCCCCCC)COS(=O)(=O)[O-].[Na+]. The summed E-state index contributed by atoms with van der Waals surface area (Å²) in [4.78, 5) is 0. The van der Waals surface area contributed by atoms with Crippen LogP contribution < -0.4 is 29.6 Å². The van der Waals surface area contributed by atoms with Crippen molar-refractivity contribution in [2.45, 2.75) is 168 Å². The maximum absolute atomic E-state index is 10.9. The smallest absolute Gasteiger partial charge is 0.726 e. The molecule has 0 aromatic carbocycles. The monoisotopic (exact) mass is 538 g/mol. The fourth-order valence-electron chi connectivity index (χ4n) is 4.69. The molecule has 0 aliphatic carbocycles. The molecule has 1 unspecified atom stereocenters. The quantitative estimate of drug-likeness (QED) is 0.0352. The molecular formula is C30H59NaO4S. The zero-order valence-corrected chi connectivity index (χ0v) is 27.3. The first-order chi connectivity index (χ1) is 17.0. The zero-order chi connectivity index (χ0) is 25.9. The van der Waals surface area contributed by atoms with E-state index < -0.39 is 10.4 Å². The molecule has 0 aliphatic rings. The van der Waals surface area contributed by atoms with E-state index in [9.17, 15) is 13.0 Å². The van der Waals surface area contributed by atoms with Gasteiger partial charge in [0.25, 0.3) is 0 Å². The second-order valence-electron chi connectivity index (χ2n) is 10.5. The number of hydrogen-bond donors (Lipinski definition) is 0. The summed E-state index contributed by atoms with van der Waals surface area (Å²) < 4.78 is 37.2. The number of rotatable bonds is 28. The first-order valence-corrected chi connectivity index (χ1v) is 16.6. The zero-order valence-electron chi connectivity index (χ0n) is 24.5. The van der Waals surface area contributed by atoms with Crippen molar-refractivity contribution in [3.8, 4) is 0 Å². The summed E-state index contributed by atoms with van der Waals surface area (Å²) in [5.74, 6) is 0.0188. The molecule has 0 amide bonds. The van der Waals surface area contributed by atoms with Gasteiger partial charge in [-0.3, -0.25) is 4.18 Å². The average Bonchev–Trinajstić information content (AvgIpc) is 2.82. The van der Waals surface area contributed by atoms with Crippen LogP contribution in [0.15, 0.2) is 12.2 Å². The van der Waals surface area contributed by atoms with Gasteiger partial charge in [0.2, 0.25) is 10.4 Å². The minimum atomic E-state index is -4.61. The molecule has 0 heterocycles. The van der Waals surface area contributed by atoms with Crippen LogP contribution in [-0.4, -0.2) is 19.6 Å². The van der Waals surface area contributed by atoms with E-state index in [1.165, 1.54) is 135 Å². The minimum Gasteiger partial charge on any atom is -0.726 e. The number of hydrogen-bond acceptors (Lipinski definition) is 4. The fraction of sp³-hybridized carbons (Fsp3) is 0.933. The maximum atomic E-state index is 10.9. The predicted molar refractivity (Wildman–Crippen MR) is 150 cm³/mol. The summed E-state index contributed by atoms with van der Waals surface area (Å²) >= 11 is 0. The molecule has 36 heavy (non-hydrogen) atoms. The summed E-state index contributed by atoms with van der Waals surface area (Å²) in [6.45, 7) is 4.50. The molecule has 0 spiro atoms.